The first kappa shape index (κ1) is 33.7. The fraction of sp³-hybridized carbons (Fsp3) is 0.474. The number of aromatic nitrogens is 2. The van der Waals surface area contributed by atoms with Crippen molar-refractivity contribution in [2.24, 2.45) is 0 Å². The summed E-state index contributed by atoms with van der Waals surface area (Å²) >= 11 is 6.35. The fourth-order valence-corrected chi connectivity index (χ4v) is 10.6. The van der Waals surface area contributed by atoms with Gasteiger partial charge in [-0.2, -0.15) is 0 Å². The molecule has 50 heavy (non-hydrogen) atoms. The highest BCUT2D eigenvalue weighted by atomic mass is 35.5. The van der Waals surface area contributed by atoms with Gasteiger partial charge in [-0.05, 0) is 119 Å². The van der Waals surface area contributed by atoms with Crippen LogP contribution in [0.3, 0.4) is 0 Å². The molecule has 0 radical (unpaired) electrons. The van der Waals surface area contributed by atoms with Crippen LogP contribution in [0, 0.1) is 18.6 Å². The number of likely N-dealkylation sites (tertiary alicyclic amines) is 1. The molecule has 8 nitrogen and oxygen atoms in total. The normalized spacial score (nSPS) is 23.8. The van der Waals surface area contributed by atoms with Gasteiger partial charge >= 0.3 is 0 Å². The lowest BCUT2D eigenvalue weighted by molar-refractivity contribution is 0.0606. The van der Waals surface area contributed by atoms with E-state index in [2.05, 4.69) is 39.3 Å². The van der Waals surface area contributed by atoms with E-state index >= 15 is 0 Å². The Morgan fingerprint density at radius 1 is 0.960 bits per heavy atom. The van der Waals surface area contributed by atoms with Gasteiger partial charge in [-0.3, -0.25) is 9.69 Å². The van der Waals surface area contributed by atoms with Crippen LogP contribution in [0.2, 0.25) is 5.02 Å². The average molecular weight is 722 g/mol. The van der Waals surface area contributed by atoms with Gasteiger partial charge in [0.15, 0.2) is 0 Å². The van der Waals surface area contributed by atoms with Crippen LogP contribution in [-0.2, 0) is 15.4 Å². The number of para-hydroxylation sites is 2. The van der Waals surface area contributed by atoms with E-state index < -0.39 is 26.6 Å². The predicted octanol–water partition coefficient (Wildman–Crippen LogP) is 7.15. The van der Waals surface area contributed by atoms with Crippen molar-refractivity contribution in [1.82, 2.24) is 24.1 Å². The Morgan fingerprint density at radius 2 is 1.68 bits per heavy atom. The van der Waals surface area contributed by atoms with Crippen LogP contribution in [0.25, 0.3) is 11.0 Å². The number of hydrogen-bond donors (Lipinski definition) is 1. The first-order valence-electron chi connectivity index (χ1n) is 17.8. The largest absolute Gasteiger partial charge is 0.339 e. The van der Waals surface area contributed by atoms with E-state index in [4.69, 9.17) is 16.6 Å². The molecule has 1 amide bonds. The molecule has 3 atom stereocenters. The molecule has 3 aliphatic heterocycles. The van der Waals surface area contributed by atoms with Crippen LogP contribution in [0.15, 0.2) is 65.6 Å². The molecule has 1 unspecified atom stereocenters. The van der Waals surface area contributed by atoms with E-state index in [0.717, 1.165) is 67.7 Å². The monoisotopic (exact) mass is 721 g/mol. The van der Waals surface area contributed by atoms with Gasteiger partial charge in [-0.15, -0.1) is 0 Å². The van der Waals surface area contributed by atoms with E-state index in [1.54, 1.807) is 17.0 Å². The molecular weight excluding hydrogens is 680 g/mol. The average Bonchev–Trinajstić information content (AvgIpc) is 3.78. The van der Waals surface area contributed by atoms with Crippen molar-refractivity contribution in [2.75, 3.05) is 19.6 Å². The van der Waals surface area contributed by atoms with Gasteiger partial charge in [-0.25, -0.2) is 26.9 Å². The Morgan fingerprint density at radius 3 is 2.38 bits per heavy atom. The molecule has 0 spiro atoms. The zero-order valence-electron chi connectivity index (χ0n) is 28.1. The Kier molecular flexibility index (Phi) is 8.77. The van der Waals surface area contributed by atoms with Crippen molar-refractivity contribution in [1.29, 1.82) is 0 Å². The van der Waals surface area contributed by atoms with Crippen molar-refractivity contribution in [3.05, 3.63) is 94.3 Å². The summed E-state index contributed by atoms with van der Waals surface area (Å²) in [6.45, 7) is 3.75. The Balaban J connectivity index is 0.992. The van der Waals surface area contributed by atoms with Gasteiger partial charge in [0.2, 0.25) is 10.0 Å². The quantitative estimate of drug-likeness (QED) is 0.199. The minimum Gasteiger partial charge on any atom is -0.339 e. The third-order valence-electron chi connectivity index (χ3n) is 11.7. The summed E-state index contributed by atoms with van der Waals surface area (Å²) in [7, 11) is -4.14. The van der Waals surface area contributed by atoms with E-state index in [1.165, 1.54) is 11.6 Å². The minimum atomic E-state index is -4.14. The number of hydrogen-bond acceptors (Lipinski definition) is 5. The van der Waals surface area contributed by atoms with E-state index in [9.17, 15) is 22.0 Å². The summed E-state index contributed by atoms with van der Waals surface area (Å²) in [5.74, 6) is -0.649. The first-order valence-corrected chi connectivity index (χ1v) is 19.6. The molecule has 1 aromatic heterocycles. The molecule has 264 valence electrons. The molecule has 2 bridgehead atoms. The van der Waals surface area contributed by atoms with Gasteiger partial charge in [-0.1, -0.05) is 35.9 Å². The number of nitrogens with zero attached hydrogens (tertiary/aromatic N) is 4. The molecule has 3 saturated heterocycles. The number of fused-ring (bicyclic) bond motifs is 3. The van der Waals surface area contributed by atoms with E-state index in [1.807, 2.05) is 12.1 Å². The summed E-state index contributed by atoms with van der Waals surface area (Å²) in [6.07, 6.45) is 7.91. The number of aryl methyl sites for hydroxylation is 1. The molecule has 8 rings (SSSR count). The molecule has 3 aromatic carbocycles. The summed E-state index contributed by atoms with van der Waals surface area (Å²) in [4.78, 5) is 22.4. The molecule has 4 aliphatic rings. The number of halogens is 3. The first-order chi connectivity index (χ1) is 24.0. The maximum Gasteiger partial charge on any atom is 0.255 e. The van der Waals surface area contributed by atoms with Crippen LogP contribution in [-0.4, -0.2) is 71.4 Å². The Hall–Kier alpha value is -3.38. The number of piperidine rings is 2. The SMILES string of the molecule is Cc1nc2ccccc2n1C1C[C@H]2CC[C@@H](C1)N2CCC1(c2cccc(F)c2)CCN(C(=O)c2cc(S(=O)(=O)NC3CC3)c(F)cc2Cl)CC1. The van der Waals surface area contributed by atoms with Crippen molar-refractivity contribution in [3.8, 4) is 0 Å². The number of carbonyl (C=O) groups excluding carboxylic acids is 1. The topological polar surface area (TPSA) is 87.5 Å². The summed E-state index contributed by atoms with van der Waals surface area (Å²) in [6, 6.07) is 18.3. The van der Waals surface area contributed by atoms with Gasteiger partial charge in [0, 0.05) is 37.3 Å². The maximum absolute atomic E-state index is 14.8. The van der Waals surface area contributed by atoms with Crippen molar-refractivity contribution >= 4 is 38.6 Å². The van der Waals surface area contributed by atoms with Crippen molar-refractivity contribution < 1.29 is 22.0 Å². The second-order valence-corrected chi connectivity index (χ2v) is 16.8. The second kappa shape index (κ2) is 13.0. The second-order valence-electron chi connectivity index (χ2n) is 14.8. The number of carbonyl (C=O) groups is 1. The number of nitrogens with one attached hydrogen (secondary N) is 1. The Bertz CT molecular complexity index is 2050. The minimum absolute atomic E-state index is 0.0390. The van der Waals surface area contributed by atoms with Gasteiger partial charge in [0.1, 0.15) is 22.4 Å². The molecule has 1 aliphatic carbocycles. The fourth-order valence-electron chi connectivity index (χ4n) is 8.98. The number of benzene rings is 3. The zero-order chi connectivity index (χ0) is 34.8. The van der Waals surface area contributed by atoms with Gasteiger partial charge < -0.3 is 9.47 Å². The smallest absolute Gasteiger partial charge is 0.255 e. The van der Waals surface area contributed by atoms with E-state index in [0.29, 0.717) is 56.9 Å². The highest BCUT2D eigenvalue weighted by Crippen LogP contribution is 2.45. The molecule has 4 aromatic rings. The highest BCUT2D eigenvalue weighted by Gasteiger charge is 2.44. The third kappa shape index (κ3) is 6.24. The number of rotatable bonds is 9. The lowest BCUT2D eigenvalue weighted by atomic mass is 9.70. The molecule has 4 heterocycles. The van der Waals surface area contributed by atoms with Crippen molar-refractivity contribution in [2.45, 2.75) is 99.2 Å². The van der Waals surface area contributed by atoms with Crippen LogP contribution in [0.5, 0.6) is 0 Å². The Labute approximate surface area is 296 Å². The van der Waals surface area contributed by atoms with Crippen LogP contribution in [0.1, 0.15) is 85.6 Å². The third-order valence-corrected chi connectivity index (χ3v) is 13.6. The molecule has 4 fully saturated rings. The summed E-state index contributed by atoms with van der Waals surface area (Å²) in [5.41, 5.74) is 2.79. The van der Waals surface area contributed by atoms with Gasteiger partial charge in [0.05, 0.1) is 21.6 Å². The lowest BCUT2D eigenvalue weighted by Crippen LogP contribution is -2.49. The molecular formula is C38H42ClF2N5O3S. The van der Waals surface area contributed by atoms with Crippen LogP contribution in [0.4, 0.5) is 8.78 Å². The number of amides is 1. The van der Waals surface area contributed by atoms with Crippen LogP contribution >= 0.6 is 11.6 Å². The molecule has 1 saturated carbocycles. The van der Waals surface area contributed by atoms with Crippen molar-refractivity contribution in [3.63, 3.8) is 0 Å². The maximum atomic E-state index is 14.8. The standard InChI is InChI=1S/C38H42ClF2N5O3S/c1-24-42-34-7-2-3-8-35(34)46(24)30-20-28-11-12-29(21-30)45(28)18-15-38(25-5-4-6-26(40)19-25)13-16-44(17-14-38)37(47)31-22-36(33(41)23-32(31)39)50(48,49)43-27-9-10-27/h2-8,19,22-23,27-30,43H,9-18,20-21H2,1H3/t28-,29+,30?. The van der Waals surface area contributed by atoms with Gasteiger partial charge in [0.25, 0.3) is 5.91 Å². The van der Waals surface area contributed by atoms with Crippen LogP contribution < -0.4 is 4.72 Å². The number of sulfonamides is 1. The highest BCUT2D eigenvalue weighted by molar-refractivity contribution is 7.89. The molecule has 1 N–H and O–H groups in total. The zero-order valence-corrected chi connectivity index (χ0v) is 29.7. The molecule has 12 heteroatoms. The summed E-state index contributed by atoms with van der Waals surface area (Å²) < 4.78 is 60.2. The predicted molar refractivity (Wildman–Crippen MR) is 189 cm³/mol. The summed E-state index contributed by atoms with van der Waals surface area (Å²) in [5, 5.41) is -0.127. The lowest BCUT2D eigenvalue weighted by Gasteiger charge is -2.45. The van der Waals surface area contributed by atoms with E-state index in [-0.39, 0.29) is 27.9 Å². The number of imidazole rings is 1.